The first-order chi connectivity index (χ1) is 18.0. The minimum atomic E-state index is -0.320. The molecule has 1 aliphatic carbocycles. The number of halogens is 1. The van der Waals surface area contributed by atoms with E-state index in [4.69, 9.17) is 14.5 Å². The molecule has 6 rings (SSSR count). The van der Waals surface area contributed by atoms with Crippen LogP contribution in [0.5, 0.6) is 17.2 Å². The molecule has 0 saturated heterocycles. The third-order valence-electron chi connectivity index (χ3n) is 6.87. The van der Waals surface area contributed by atoms with Gasteiger partial charge in [0.2, 0.25) is 0 Å². The maximum Gasteiger partial charge on any atom is 0.271 e. The summed E-state index contributed by atoms with van der Waals surface area (Å²) in [7, 11) is 3.15. The molecular weight excluding hydrogens is 552 g/mol. The molecule has 0 saturated carbocycles. The Hall–Kier alpha value is -3.62. The van der Waals surface area contributed by atoms with Gasteiger partial charge in [0.1, 0.15) is 5.75 Å². The lowest BCUT2D eigenvalue weighted by Crippen LogP contribution is -2.39. The predicted molar refractivity (Wildman–Crippen MR) is 148 cm³/mol. The van der Waals surface area contributed by atoms with Crippen LogP contribution in [-0.4, -0.2) is 23.9 Å². The van der Waals surface area contributed by atoms with Gasteiger partial charge < -0.3 is 14.6 Å². The molecule has 6 nitrogen and oxygen atoms in total. The summed E-state index contributed by atoms with van der Waals surface area (Å²) in [6, 6.07) is 19.4. The standard InChI is InChI=1S/C29H23BrN2O4S/c1-35-22-10-6-5-9-19(22)26-20-12-11-17-7-3-4-8-18(17)25(20)31-29-32(26)28(34)24(37-29)15-16-13-21(30)27(33)23(14-16)36-2/h3-10,13-15,26,33H,11-12H2,1-2H3/b24-15-/t26-/m0/s1. The van der Waals surface area contributed by atoms with E-state index in [0.717, 1.165) is 46.6 Å². The number of benzene rings is 3. The second-order valence-electron chi connectivity index (χ2n) is 8.91. The topological polar surface area (TPSA) is 73.1 Å². The van der Waals surface area contributed by atoms with Gasteiger partial charge in [-0.3, -0.25) is 9.36 Å². The molecule has 1 aliphatic heterocycles. The number of aryl methyl sites for hydroxylation is 1. The van der Waals surface area contributed by atoms with Crippen molar-refractivity contribution < 1.29 is 14.6 Å². The second kappa shape index (κ2) is 9.36. The predicted octanol–water partition coefficient (Wildman–Crippen LogP) is 4.80. The van der Waals surface area contributed by atoms with Crippen LogP contribution in [-0.2, 0) is 6.42 Å². The lowest BCUT2D eigenvalue weighted by atomic mass is 9.83. The van der Waals surface area contributed by atoms with Gasteiger partial charge in [0.15, 0.2) is 16.3 Å². The molecule has 0 bridgehead atoms. The van der Waals surface area contributed by atoms with Crippen LogP contribution < -0.4 is 24.4 Å². The van der Waals surface area contributed by atoms with Crippen molar-refractivity contribution in [1.29, 1.82) is 0 Å². The first-order valence-corrected chi connectivity index (χ1v) is 13.4. The van der Waals surface area contributed by atoms with E-state index in [-0.39, 0.29) is 17.4 Å². The first-order valence-electron chi connectivity index (χ1n) is 11.8. The van der Waals surface area contributed by atoms with Crippen molar-refractivity contribution >= 4 is 39.0 Å². The van der Waals surface area contributed by atoms with Crippen LogP contribution in [0.2, 0.25) is 0 Å². The van der Waals surface area contributed by atoms with E-state index in [0.29, 0.717) is 19.6 Å². The second-order valence-corrected chi connectivity index (χ2v) is 10.8. The Kier molecular flexibility index (Phi) is 6.01. The molecule has 4 aromatic rings. The Morgan fingerprint density at radius 2 is 1.81 bits per heavy atom. The summed E-state index contributed by atoms with van der Waals surface area (Å²) in [5, 5.41) is 10.2. The van der Waals surface area contributed by atoms with Crippen molar-refractivity contribution in [3.8, 4) is 17.2 Å². The van der Waals surface area contributed by atoms with Crippen molar-refractivity contribution in [2.45, 2.75) is 18.9 Å². The van der Waals surface area contributed by atoms with E-state index in [1.54, 1.807) is 23.8 Å². The number of fused-ring (bicyclic) bond motifs is 3. The normalized spacial score (nSPS) is 16.5. The zero-order chi connectivity index (χ0) is 25.7. The molecule has 1 N–H and O–H groups in total. The van der Waals surface area contributed by atoms with E-state index >= 15 is 0 Å². The summed E-state index contributed by atoms with van der Waals surface area (Å²) in [5.41, 5.74) is 6.00. The third-order valence-corrected chi connectivity index (χ3v) is 8.46. The number of aromatic hydroxyl groups is 1. The van der Waals surface area contributed by atoms with Crippen molar-refractivity contribution in [3.63, 3.8) is 0 Å². The fourth-order valence-electron chi connectivity index (χ4n) is 5.18. The summed E-state index contributed by atoms with van der Waals surface area (Å²) >= 11 is 4.73. The van der Waals surface area contributed by atoms with Gasteiger partial charge >= 0.3 is 0 Å². The molecule has 186 valence electrons. The average Bonchev–Trinajstić information content (AvgIpc) is 3.23. The molecule has 0 spiro atoms. The number of phenols is 1. The Morgan fingerprint density at radius 1 is 1.05 bits per heavy atom. The van der Waals surface area contributed by atoms with Gasteiger partial charge in [-0.2, -0.15) is 0 Å². The van der Waals surface area contributed by atoms with Gasteiger partial charge in [-0.05, 0) is 69.7 Å². The molecule has 0 unspecified atom stereocenters. The van der Waals surface area contributed by atoms with Crippen LogP contribution in [0.1, 0.15) is 34.7 Å². The number of methoxy groups -OCH3 is 2. The largest absolute Gasteiger partial charge is 0.503 e. The van der Waals surface area contributed by atoms with Crippen LogP contribution in [0.15, 0.2) is 80.5 Å². The summed E-state index contributed by atoms with van der Waals surface area (Å²) < 4.78 is 13.9. The van der Waals surface area contributed by atoms with Gasteiger partial charge in [0.05, 0.1) is 35.0 Å². The molecule has 0 amide bonds. The molecule has 1 atom stereocenters. The first kappa shape index (κ1) is 23.8. The molecule has 2 aliphatic rings. The Morgan fingerprint density at radius 3 is 2.62 bits per heavy atom. The van der Waals surface area contributed by atoms with Crippen LogP contribution in [0.3, 0.4) is 0 Å². The Bertz CT molecular complexity index is 1770. The van der Waals surface area contributed by atoms with Gasteiger partial charge in [-0.1, -0.05) is 53.8 Å². The summed E-state index contributed by atoms with van der Waals surface area (Å²) in [6.45, 7) is 0. The number of aromatic nitrogens is 1. The maximum atomic E-state index is 14.0. The van der Waals surface area contributed by atoms with Crippen LogP contribution in [0, 0.1) is 0 Å². The quantitative estimate of drug-likeness (QED) is 0.380. The summed E-state index contributed by atoms with van der Waals surface area (Å²) in [4.78, 5) is 19.7. The third kappa shape index (κ3) is 3.91. The molecule has 37 heavy (non-hydrogen) atoms. The number of phenolic OH excluding ortho intramolecular Hbond substituents is 1. The van der Waals surface area contributed by atoms with E-state index in [1.807, 2.05) is 36.4 Å². The molecular formula is C29H23BrN2O4S. The minimum absolute atomic E-state index is 0.0172. The SMILES string of the molecule is COc1ccccc1[C@H]1C2=C(N=c3s/c(=C\c4cc(Br)c(O)c(OC)c4)c(=O)n31)c1ccccc1CC2. The van der Waals surface area contributed by atoms with Crippen LogP contribution >= 0.6 is 27.3 Å². The van der Waals surface area contributed by atoms with Gasteiger partial charge in [0, 0.05) is 11.1 Å². The van der Waals surface area contributed by atoms with Gasteiger partial charge in [0.25, 0.3) is 5.56 Å². The van der Waals surface area contributed by atoms with Crippen molar-refractivity contribution in [2.75, 3.05) is 14.2 Å². The molecule has 1 aromatic heterocycles. The van der Waals surface area contributed by atoms with Gasteiger partial charge in [-0.15, -0.1) is 0 Å². The van der Waals surface area contributed by atoms with Crippen LogP contribution in [0.4, 0.5) is 0 Å². The number of para-hydroxylation sites is 1. The summed E-state index contributed by atoms with van der Waals surface area (Å²) in [5.74, 6) is 1.08. The Labute approximate surface area is 225 Å². The molecule has 3 aromatic carbocycles. The number of thiazole rings is 1. The van der Waals surface area contributed by atoms with E-state index in [9.17, 15) is 9.90 Å². The lowest BCUT2D eigenvalue weighted by Gasteiger charge is -2.31. The highest BCUT2D eigenvalue weighted by atomic mass is 79.9. The smallest absolute Gasteiger partial charge is 0.271 e. The number of rotatable bonds is 4. The fraction of sp³-hybridized carbons (Fsp3) is 0.172. The highest BCUT2D eigenvalue weighted by Gasteiger charge is 2.34. The number of allylic oxidation sites excluding steroid dienone is 1. The number of nitrogens with zero attached hydrogens (tertiary/aromatic N) is 2. The maximum absolute atomic E-state index is 14.0. The van der Waals surface area contributed by atoms with E-state index in [1.165, 1.54) is 24.0 Å². The number of ether oxygens (including phenoxy) is 2. The zero-order valence-corrected chi connectivity index (χ0v) is 22.6. The van der Waals surface area contributed by atoms with E-state index < -0.39 is 0 Å². The minimum Gasteiger partial charge on any atom is -0.503 e. The molecule has 0 radical (unpaired) electrons. The lowest BCUT2D eigenvalue weighted by molar-refractivity contribution is 0.372. The monoisotopic (exact) mass is 574 g/mol. The average molecular weight is 575 g/mol. The zero-order valence-electron chi connectivity index (χ0n) is 20.2. The fourth-order valence-corrected chi connectivity index (χ4v) is 6.64. The van der Waals surface area contributed by atoms with Crippen LogP contribution in [0.25, 0.3) is 11.8 Å². The van der Waals surface area contributed by atoms with Crippen molar-refractivity contribution in [2.24, 2.45) is 4.99 Å². The highest BCUT2D eigenvalue weighted by molar-refractivity contribution is 9.10. The Balaban J connectivity index is 1.63. The van der Waals surface area contributed by atoms with Gasteiger partial charge in [-0.25, -0.2) is 4.99 Å². The highest BCUT2D eigenvalue weighted by Crippen LogP contribution is 2.43. The van der Waals surface area contributed by atoms with Crippen molar-refractivity contribution in [1.82, 2.24) is 4.57 Å². The summed E-state index contributed by atoms with van der Waals surface area (Å²) in [6.07, 6.45) is 3.51. The molecule has 0 fully saturated rings. The van der Waals surface area contributed by atoms with E-state index in [2.05, 4.69) is 34.1 Å². The molecule has 8 heteroatoms. The number of hydrogen-bond acceptors (Lipinski definition) is 6. The van der Waals surface area contributed by atoms with Crippen molar-refractivity contribution in [3.05, 3.63) is 113 Å². The molecule has 2 heterocycles. The number of hydrogen-bond donors (Lipinski definition) is 1.